The van der Waals surface area contributed by atoms with Gasteiger partial charge >= 0.3 is 0 Å². The highest BCUT2D eigenvalue weighted by Crippen LogP contribution is 2.34. The van der Waals surface area contributed by atoms with Crippen molar-refractivity contribution in [1.82, 2.24) is 9.97 Å². The quantitative estimate of drug-likeness (QED) is 0.510. The molecule has 0 atom stereocenters. The van der Waals surface area contributed by atoms with Crippen molar-refractivity contribution in [2.45, 2.75) is 25.7 Å². The first-order valence-corrected chi connectivity index (χ1v) is 11.1. The van der Waals surface area contributed by atoms with Gasteiger partial charge in [0, 0.05) is 11.8 Å². The first kappa shape index (κ1) is 18.6. The predicted octanol–water partition coefficient (Wildman–Crippen LogP) is 5.08. The summed E-state index contributed by atoms with van der Waals surface area (Å²) in [6.07, 6.45) is 1.74. The molecule has 2 heterocycles. The maximum Gasteiger partial charge on any atom is 0.261 e. The van der Waals surface area contributed by atoms with Crippen molar-refractivity contribution in [3.63, 3.8) is 0 Å². The smallest absolute Gasteiger partial charge is 0.261 e. The van der Waals surface area contributed by atoms with Gasteiger partial charge in [0.1, 0.15) is 15.4 Å². The molecule has 0 saturated heterocycles. The zero-order chi connectivity index (χ0) is 19.9. The SMILES string of the molecule is Cc1ccc(S(=O)(=O)Nc2cccc(-c3nc4cccnc4s3)c2C)cc1C. The summed E-state index contributed by atoms with van der Waals surface area (Å²) >= 11 is 1.49. The largest absolute Gasteiger partial charge is 0.279 e. The number of nitrogens with one attached hydrogen (secondary N) is 1. The van der Waals surface area contributed by atoms with Gasteiger partial charge in [-0.05, 0) is 67.8 Å². The van der Waals surface area contributed by atoms with Crippen molar-refractivity contribution in [3.05, 3.63) is 71.4 Å². The van der Waals surface area contributed by atoms with Crippen LogP contribution in [-0.4, -0.2) is 18.4 Å². The molecule has 0 radical (unpaired) electrons. The number of aryl methyl sites for hydroxylation is 2. The number of pyridine rings is 1. The van der Waals surface area contributed by atoms with Crippen LogP contribution in [0.15, 0.2) is 59.6 Å². The molecule has 0 saturated carbocycles. The van der Waals surface area contributed by atoms with E-state index in [9.17, 15) is 8.42 Å². The number of nitrogens with zero attached hydrogens (tertiary/aromatic N) is 2. The van der Waals surface area contributed by atoms with Gasteiger partial charge in [0.05, 0.1) is 10.6 Å². The van der Waals surface area contributed by atoms with Gasteiger partial charge in [-0.25, -0.2) is 18.4 Å². The molecule has 5 nitrogen and oxygen atoms in total. The van der Waals surface area contributed by atoms with Crippen molar-refractivity contribution in [1.29, 1.82) is 0 Å². The summed E-state index contributed by atoms with van der Waals surface area (Å²) in [6, 6.07) is 14.5. The van der Waals surface area contributed by atoms with Gasteiger partial charge in [-0.2, -0.15) is 0 Å². The normalized spacial score (nSPS) is 11.7. The molecule has 1 N–H and O–H groups in total. The van der Waals surface area contributed by atoms with Gasteiger partial charge in [-0.15, -0.1) is 0 Å². The van der Waals surface area contributed by atoms with Crippen LogP contribution in [0.4, 0.5) is 5.69 Å². The molecule has 7 heteroatoms. The Labute approximate surface area is 168 Å². The summed E-state index contributed by atoms with van der Waals surface area (Å²) < 4.78 is 28.5. The number of hydrogen-bond acceptors (Lipinski definition) is 5. The van der Waals surface area contributed by atoms with Crippen LogP contribution in [0.1, 0.15) is 16.7 Å². The minimum atomic E-state index is -3.68. The molecule has 0 unspecified atom stereocenters. The highest BCUT2D eigenvalue weighted by Gasteiger charge is 2.18. The lowest BCUT2D eigenvalue weighted by molar-refractivity contribution is 0.601. The standard InChI is InChI=1S/C21H19N3O2S2/c1-13-9-10-16(12-14(13)2)28(25,26)24-18-7-4-6-17(15(18)3)20-23-19-8-5-11-22-21(19)27-20/h4-12,24H,1-3H3. The number of sulfonamides is 1. The molecule has 0 aliphatic rings. The van der Waals surface area contributed by atoms with Gasteiger partial charge in [-0.3, -0.25) is 4.72 Å². The van der Waals surface area contributed by atoms with E-state index in [1.54, 1.807) is 24.4 Å². The molecule has 0 aliphatic heterocycles. The molecule has 0 amide bonds. The maximum absolute atomic E-state index is 12.9. The Morgan fingerprint density at radius 2 is 1.79 bits per heavy atom. The molecule has 2 aromatic carbocycles. The number of hydrogen-bond donors (Lipinski definition) is 1. The fourth-order valence-corrected chi connectivity index (χ4v) is 5.15. The molecular formula is C21H19N3O2S2. The van der Waals surface area contributed by atoms with Crippen molar-refractivity contribution >= 4 is 37.4 Å². The summed E-state index contributed by atoms with van der Waals surface area (Å²) in [5.74, 6) is 0. The lowest BCUT2D eigenvalue weighted by atomic mass is 10.1. The summed E-state index contributed by atoms with van der Waals surface area (Å²) in [4.78, 5) is 10.1. The fourth-order valence-electron chi connectivity index (χ4n) is 2.95. The van der Waals surface area contributed by atoms with Crippen LogP contribution >= 0.6 is 11.3 Å². The summed E-state index contributed by atoms with van der Waals surface area (Å²) in [5.41, 5.74) is 5.10. The number of anilines is 1. The van der Waals surface area contributed by atoms with Gasteiger partial charge in [0.25, 0.3) is 10.0 Å². The third-order valence-electron chi connectivity index (χ3n) is 4.76. The number of aromatic nitrogens is 2. The first-order chi connectivity index (χ1) is 13.3. The summed E-state index contributed by atoms with van der Waals surface area (Å²) in [7, 11) is -3.68. The Kier molecular flexibility index (Phi) is 4.64. The Morgan fingerprint density at radius 3 is 2.54 bits per heavy atom. The lowest BCUT2D eigenvalue weighted by Gasteiger charge is -2.13. The molecule has 0 spiro atoms. The number of fused-ring (bicyclic) bond motifs is 1. The monoisotopic (exact) mass is 409 g/mol. The van der Waals surface area contributed by atoms with Crippen LogP contribution in [0.25, 0.3) is 20.9 Å². The highest BCUT2D eigenvalue weighted by molar-refractivity contribution is 7.92. The Morgan fingerprint density at radius 1 is 0.964 bits per heavy atom. The lowest BCUT2D eigenvalue weighted by Crippen LogP contribution is -2.14. The van der Waals surface area contributed by atoms with Crippen LogP contribution in [0.5, 0.6) is 0 Å². The third-order valence-corrected chi connectivity index (χ3v) is 7.14. The van der Waals surface area contributed by atoms with E-state index in [0.29, 0.717) is 5.69 Å². The van der Waals surface area contributed by atoms with Crippen LogP contribution in [-0.2, 0) is 10.0 Å². The molecule has 4 rings (SSSR count). The first-order valence-electron chi connectivity index (χ1n) is 8.77. The minimum absolute atomic E-state index is 0.254. The van der Waals surface area contributed by atoms with Gasteiger partial charge in [0.2, 0.25) is 0 Å². The second kappa shape index (κ2) is 7.00. The van der Waals surface area contributed by atoms with E-state index in [-0.39, 0.29) is 4.90 Å². The van der Waals surface area contributed by atoms with E-state index in [1.807, 2.05) is 51.1 Å². The second-order valence-corrected chi connectivity index (χ2v) is 9.34. The molecule has 0 fully saturated rings. The predicted molar refractivity (Wildman–Crippen MR) is 114 cm³/mol. The van der Waals surface area contributed by atoms with Crippen LogP contribution in [0.2, 0.25) is 0 Å². The van der Waals surface area contributed by atoms with Crippen LogP contribution in [0.3, 0.4) is 0 Å². The highest BCUT2D eigenvalue weighted by atomic mass is 32.2. The van der Waals surface area contributed by atoms with E-state index in [1.165, 1.54) is 11.3 Å². The number of thiazole rings is 1. The molecular weight excluding hydrogens is 390 g/mol. The molecule has 142 valence electrons. The average molecular weight is 410 g/mol. The molecule has 4 aromatic rings. The Balaban J connectivity index is 1.73. The van der Waals surface area contributed by atoms with Gasteiger partial charge in [0.15, 0.2) is 0 Å². The number of benzene rings is 2. The van der Waals surface area contributed by atoms with Crippen molar-refractivity contribution < 1.29 is 8.42 Å². The fraction of sp³-hybridized carbons (Fsp3) is 0.143. The van der Waals surface area contributed by atoms with E-state index in [4.69, 9.17) is 0 Å². The third kappa shape index (κ3) is 3.39. The van der Waals surface area contributed by atoms with Crippen LogP contribution < -0.4 is 4.72 Å². The molecule has 0 bridgehead atoms. The molecule has 2 aromatic heterocycles. The van der Waals surface area contributed by atoms with E-state index in [2.05, 4.69) is 14.7 Å². The van der Waals surface area contributed by atoms with E-state index in [0.717, 1.165) is 37.6 Å². The van der Waals surface area contributed by atoms with E-state index < -0.39 is 10.0 Å². The zero-order valence-electron chi connectivity index (χ0n) is 15.7. The van der Waals surface area contributed by atoms with E-state index >= 15 is 0 Å². The Hall–Kier alpha value is -2.77. The second-order valence-electron chi connectivity index (χ2n) is 6.68. The van der Waals surface area contributed by atoms with Gasteiger partial charge < -0.3 is 0 Å². The van der Waals surface area contributed by atoms with Crippen LogP contribution in [0, 0.1) is 20.8 Å². The maximum atomic E-state index is 12.9. The molecule has 0 aliphatic carbocycles. The van der Waals surface area contributed by atoms with Crippen molar-refractivity contribution in [3.8, 4) is 10.6 Å². The number of rotatable bonds is 4. The molecule has 28 heavy (non-hydrogen) atoms. The zero-order valence-corrected chi connectivity index (χ0v) is 17.4. The minimum Gasteiger partial charge on any atom is -0.279 e. The van der Waals surface area contributed by atoms with Gasteiger partial charge in [-0.1, -0.05) is 29.5 Å². The van der Waals surface area contributed by atoms with Crippen molar-refractivity contribution in [2.24, 2.45) is 0 Å². The summed E-state index contributed by atoms with van der Waals surface area (Å²) in [6.45, 7) is 5.76. The topological polar surface area (TPSA) is 72.0 Å². The van der Waals surface area contributed by atoms with Crippen molar-refractivity contribution in [2.75, 3.05) is 4.72 Å². The average Bonchev–Trinajstić information content (AvgIpc) is 3.09. The Bertz CT molecular complexity index is 1260. The summed E-state index contributed by atoms with van der Waals surface area (Å²) in [5, 5.41) is 0.818.